The Morgan fingerprint density at radius 2 is 1.88 bits per heavy atom. The second-order valence-electron chi connectivity index (χ2n) is 5.78. The predicted octanol–water partition coefficient (Wildman–Crippen LogP) is 3.15. The Labute approximate surface area is 150 Å². The number of hydrogen-bond acceptors (Lipinski definition) is 4. The van der Waals surface area contributed by atoms with Gasteiger partial charge in [0.25, 0.3) is 5.91 Å². The molecule has 0 amide bonds. The van der Waals surface area contributed by atoms with Gasteiger partial charge in [-0.2, -0.15) is 0 Å². The summed E-state index contributed by atoms with van der Waals surface area (Å²) in [6.45, 7) is 1.79. The lowest BCUT2D eigenvalue weighted by atomic mass is 10.1. The molecule has 0 atom stereocenters. The number of fused-ring (bicyclic) bond motifs is 1. The van der Waals surface area contributed by atoms with E-state index in [1.54, 1.807) is 61.1 Å². The van der Waals surface area contributed by atoms with Crippen molar-refractivity contribution in [1.82, 2.24) is 4.57 Å². The Morgan fingerprint density at radius 1 is 1.20 bits per heavy atom. The highest BCUT2D eigenvalue weighted by Crippen LogP contribution is 2.31. The maximum absolute atomic E-state index is 13.0. The van der Waals surface area contributed by atoms with Crippen molar-refractivity contribution < 1.29 is 19.7 Å². The average molecular weight is 360 g/mol. The fraction of sp³-hybridized carbons (Fsp3) is 0.211. The van der Waals surface area contributed by atoms with Crippen LogP contribution in [0.15, 0.2) is 42.5 Å². The third kappa shape index (κ3) is 3.26. The molecule has 2 aromatic carbocycles. The Balaban J connectivity index is 2.22. The molecule has 0 saturated heterocycles. The predicted molar refractivity (Wildman–Crippen MR) is 96.3 cm³/mol. The van der Waals surface area contributed by atoms with E-state index >= 15 is 0 Å². The smallest absolute Gasteiger partial charge is 0.262 e. The van der Waals surface area contributed by atoms with Crippen LogP contribution in [-0.4, -0.2) is 34.1 Å². The van der Waals surface area contributed by atoms with Crippen LogP contribution in [0.4, 0.5) is 0 Å². The van der Waals surface area contributed by atoms with Crippen LogP contribution < -0.4 is 4.74 Å². The summed E-state index contributed by atoms with van der Waals surface area (Å²) in [5.41, 5.74) is 2.55. The minimum absolute atomic E-state index is 0.0242. The van der Waals surface area contributed by atoms with Gasteiger partial charge in [-0.15, -0.1) is 0 Å². The topological polar surface area (TPSA) is 71.7 Å². The van der Waals surface area contributed by atoms with E-state index in [1.807, 2.05) is 0 Å². The first-order valence-corrected chi connectivity index (χ1v) is 8.14. The summed E-state index contributed by atoms with van der Waals surface area (Å²) in [6, 6.07) is 12.0. The van der Waals surface area contributed by atoms with Crippen LogP contribution in [0.3, 0.4) is 0 Å². The molecule has 0 aliphatic carbocycles. The largest absolute Gasteiger partial charge is 0.497 e. The summed E-state index contributed by atoms with van der Waals surface area (Å²) in [6.07, 6.45) is -1.48. The SMILES string of the molecule is COc1ccc2c(c1)c(CC(O)O)c(C)n2C(=O)c1ccc(Cl)cc1. The van der Waals surface area contributed by atoms with Crippen LogP contribution >= 0.6 is 11.6 Å². The number of hydrogen-bond donors (Lipinski definition) is 2. The minimum Gasteiger partial charge on any atom is -0.497 e. The fourth-order valence-corrected chi connectivity index (χ4v) is 3.14. The van der Waals surface area contributed by atoms with Gasteiger partial charge in [0, 0.05) is 28.1 Å². The number of rotatable bonds is 4. The first-order chi connectivity index (χ1) is 11.9. The lowest BCUT2D eigenvalue weighted by Gasteiger charge is -2.08. The van der Waals surface area contributed by atoms with E-state index in [4.69, 9.17) is 16.3 Å². The Hall–Kier alpha value is -2.34. The van der Waals surface area contributed by atoms with Crippen LogP contribution in [0.25, 0.3) is 10.9 Å². The third-order valence-corrected chi connectivity index (χ3v) is 4.47. The standard InChI is InChI=1S/C19H18ClNO4/c1-11-15(10-18(22)23)16-9-14(25-2)7-8-17(16)21(11)19(24)12-3-5-13(20)6-4-12/h3-9,18,22-23H,10H2,1-2H3. The highest BCUT2D eigenvalue weighted by atomic mass is 35.5. The molecule has 0 aliphatic rings. The van der Waals surface area contributed by atoms with E-state index in [1.165, 1.54) is 0 Å². The summed E-state index contributed by atoms with van der Waals surface area (Å²) < 4.78 is 6.83. The molecule has 25 heavy (non-hydrogen) atoms. The summed E-state index contributed by atoms with van der Waals surface area (Å²) >= 11 is 5.90. The van der Waals surface area contributed by atoms with Gasteiger partial charge in [-0.3, -0.25) is 9.36 Å². The van der Waals surface area contributed by atoms with Gasteiger partial charge in [0.15, 0.2) is 6.29 Å². The van der Waals surface area contributed by atoms with Crippen LogP contribution in [0.2, 0.25) is 5.02 Å². The Bertz CT molecular complexity index is 929. The van der Waals surface area contributed by atoms with Crippen molar-refractivity contribution in [2.45, 2.75) is 19.6 Å². The number of ether oxygens (including phenoxy) is 1. The molecular formula is C19H18ClNO4. The molecule has 2 N–H and O–H groups in total. The van der Waals surface area contributed by atoms with Gasteiger partial charge >= 0.3 is 0 Å². The van der Waals surface area contributed by atoms with Crippen molar-refractivity contribution in [2.24, 2.45) is 0 Å². The normalized spacial score (nSPS) is 11.3. The summed E-state index contributed by atoms with van der Waals surface area (Å²) in [5.74, 6) is 0.431. The monoisotopic (exact) mass is 359 g/mol. The molecular weight excluding hydrogens is 342 g/mol. The molecule has 3 rings (SSSR count). The van der Waals surface area contributed by atoms with Crippen LogP contribution in [-0.2, 0) is 6.42 Å². The van der Waals surface area contributed by atoms with Gasteiger partial charge in [-0.1, -0.05) is 11.6 Å². The fourth-order valence-electron chi connectivity index (χ4n) is 3.01. The average Bonchev–Trinajstić information content (AvgIpc) is 2.86. The molecule has 0 unspecified atom stereocenters. The molecule has 0 fully saturated rings. The molecule has 0 saturated carbocycles. The first-order valence-electron chi connectivity index (χ1n) is 7.76. The van der Waals surface area contributed by atoms with Crippen molar-refractivity contribution in [3.05, 3.63) is 64.3 Å². The molecule has 0 bridgehead atoms. The Kier molecular flexibility index (Phi) is 4.81. The number of aliphatic hydroxyl groups is 2. The zero-order valence-corrected chi connectivity index (χ0v) is 14.6. The maximum atomic E-state index is 13.0. The summed E-state index contributed by atoms with van der Waals surface area (Å²) in [5, 5.41) is 20.2. The highest BCUT2D eigenvalue weighted by Gasteiger charge is 2.21. The van der Waals surface area contributed by atoms with Gasteiger partial charge in [0.1, 0.15) is 5.75 Å². The van der Waals surface area contributed by atoms with E-state index in [2.05, 4.69) is 0 Å². The van der Waals surface area contributed by atoms with Gasteiger partial charge < -0.3 is 14.9 Å². The van der Waals surface area contributed by atoms with Crippen molar-refractivity contribution in [2.75, 3.05) is 7.11 Å². The lowest BCUT2D eigenvalue weighted by Crippen LogP contribution is -2.15. The van der Waals surface area contributed by atoms with Crippen LogP contribution in [0.1, 0.15) is 21.6 Å². The van der Waals surface area contributed by atoms with Gasteiger partial charge in [-0.05, 0) is 55.0 Å². The molecule has 0 radical (unpaired) electrons. The molecule has 130 valence electrons. The number of aliphatic hydroxyl groups excluding tert-OH is 1. The van der Waals surface area contributed by atoms with E-state index in [0.717, 1.165) is 5.39 Å². The third-order valence-electron chi connectivity index (χ3n) is 4.22. The van der Waals surface area contributed by atoms with Crippen molar-refractivity contribution >= 4 is 28.4 Å². The number of benzene rings is 2. The summed E-state index contributed by atoms with van der Waals surface area (Å²) in [4.78, 5) is 13.0. The number of aromatic nitrogens is 1. The summed E-state index contributed by atoms with van der Waals surface area (Å²) in [7, 11) is 1.56. The molecule has 0 spiro atoms. The van der Waals surface area contributed by atoms with Crippen molar-refractivity contribution in [1.29, 1.82) is 0 Å². The van der Waals surface area contributed by atoms with Crippen LogP contribution in [0, 0.1) is 6.92 Å². The van der Waals surface area contributed by atoms with Crippen LogP contribution in [0.5, 0.6) is 5.75 Å². The van der Waals surface area contributed by atoms with Crippen molar-refractivity contribution in [3.63, 3.8) is 0 Å². The van der Waals surface area contributed by atoms with Crippen molar-refractivity contribution in [3.8, 4) is 5.75 Å². The van der Waals surface area contributed by atoms with E-state index in [-0.39, 0.29) is 12.3 Å². The number of carbonyl (C=O) groups excluding carboxylic acids is 1. The minimum atomic E-state index is -1.51. The Morgan fingerprint density at radius 3 is 2.48 bits per heavy atom. The molecule has 0 aliphatic heterocycles. The molecule has 1 aromatic heterocycles. The van der Waals surface area contributed by atoms with Gasteiger partial charge in [-0.25, -0.2) is 0 Å². The quantitative estimate of drug-likeness (QED) is 0.702. The number of nitrogens with zero attached hydrogens (tertiary/aromatic N) is 1. The number of methoxy groups -OCH3 is 1. The lowest BCUT2D eigenvalue weighted by molar-refractivity contribution is -0.0380. The van der Waals surface area contributed by atoms with E-state index in [9.17, 15) is 15.0 Å². The molecule has 3 aromatic rings. The zero-order chi connectivity index (χ0) is 18.1. The number of carbonyl (C=O) groups is 1. The van der Waals surface area contributed by atoms with E-state index < -0.39 is 6.29 Å². The highest BCUT2D eigenvalue weighted by molar-refractivity contribution is 6.30. The second kappa shape index (κ2) is 6.88. The van der Waals surface area contributed by atoms with Gasteiger partial charge in [0.2, 0.25) is 0 Å². The maximum Gasteiger partial charge on any atom is 0.262 e. The molecule has 5 nitrogen and oxygen atoms in total. The van der Waals surface area contributed by atoms with Gasteiger partial charge in [0.05, 0.1) is 12.6 Å². The second-order valence-corrected chi connectivity index (χ2v) is 6.22. The molecule has 1 heterocycles. The molecule has 6 heteroatoms. The zero-order valence-electron chi connectivity index (χ0n) is 13.9. The first kappa shape index (κ1) is 17.5. The van der Waals surface area contributed by atoms with E-state index in [0.29, 0.717) is 33.1 Å². The number of halogens is 1.